The predicted octanol–water partition coefficient (Wildman–Crippen LogP) is 2.93. The lowest BCUT2D eigenvalue weighted by molar-refractivity contribution is 0.483. The predicted molar refractivity (Wildman–Crippen MR) is 71.3 cm³/mol. The summed E-state index contributed by atoms with van der Waals surface area (Å²) in [5.41, 5.74) is 7.02. The summed E-state index contributed by atoms with van der Waals surface area (Å²) in [7, 11) is -4.24. The van der Waals surface area contributed by atoms with E-state index in [-0.39, 0.29) is 4.90 Å². The van der Waals surface area contributed by atoms with Crippen LogP contribution in [0.1, 0.15) is 0 Å². The fraction of sp³-hybridized carbons (Fsp3) is 0. The Bertz CT molecular complexity index is 727. The maximum Gasteiger partial charge on any atom is 0.294 e. The number of rotatable bonds is 3. The summed E-state index contributed by atoms with van der Waals surface area (Å²) in [6, 6.07) is 12.3. The van der Waals surface area contributed by atoms with Crippen molar-refractivity contribution in [2.75, 3.05) is 5.73 Å². The van der Waals surface area contributed by atoms with Crippen molar-refractivity contribution in [3.8, 4) is 0 Å². The van der Waals surface area contributed by atoms with Crippen molar-refractivity contribution in [3.05, 3.63) is 48.5 Å². The van der Waals surface area contributed by atoms with E-state index < -0.39 is 10.1 Å². The van der Waals surface area contributed by atoms with Crippen LogP contribution in [0.25, 0.3) is 0 Å². The zero-order chi connectivity index (χ0) is 13.9. The average Bonchev–Trinajstić information content (AvgIpc) is 2.36. The zero-order valence-corrected chi connectivity index (χ0v) is 10.6. The van der Waals surface area contributed by atoms with Crippen LogP contribution in [0, 0.1) is 0 Å². The summed E-state index contributed by atoms with van der Waals surface area (Å²) in [5, 5.41) is 7.81. The largest absolute Gasteiger partial charge is 0.399 e. The van der Waals surface area contributed by atoms with Gasteiger partial charge < -0.3 is 5.73 Å². The van der Waals surface area contributed by atoms with Gasteiger partial charge in [0.25, 0.3) is 10.1 Å². The van der Waals surface area contributed by atoms with Crippen LogP contribution >= 0.6 is 0 Å². The average molecular weight is 277 g/mol. The first kappa shape index (κ1) is 13.2. The second-order valence-corrected chi connectivity index (χ2v) is 5.19. The minimum atomic E-state index is -4.24. The minimum Gasteiger partial charge on any atom is -0.399 e. The van der Waals surface area contributed by atoms with Gasteiger partial charge in [0.05, 0.1) is 16.3 Å². The minimum absolute atomic E-state index is 0.225. The van der Waals surface area contributed by atoms with E-state index in [4.69, 9.17) is 10.3 Å². The van der Waals surface area contributed by atoms with Gasteiger partial charge in [0.2, 0.25) is 0 Å². The summed E-state index contributed by atoms with van der Waals surface area (Å²) in [4.78, 5) is -0.225. The summed E-state index contributed by atoms with van der Waals surface area (Å²) >= 11 is 0. The van der Waals surface area contributed by atoms with Gasteiger partial charge >= 0.3 is 0 Å². The smallest absolute Gasteiger partial charge is 0.294 e. The molecular formula is C12H11N3O3S. The second kappa shape index (κ2) is 5.17. The fourth-order valence-electron chi connectivity index (χ4n) is 1.41. The molecule has 0 radical (unpaired) electrons. The van der Waals surface area contributed by atoms with E-state index in [0.29, 0.717) is 17.1 Å². The van der Waals surface area contributed by atoms with Gasteiger partial charge in [0.15, 0.2) is 0 Å². The number of anilines is 1. The van der Waals surface area contributed by atoms with Crippen LogP contribution in [0.15, 0.2) is 63.7 Å². The van der Waals surface area contributed by atoms with Crippen LogP contribution in [0.3, 0.4) is 0 Å². The highest BCUT2D eigenvalue weighted by molar-refractivity contribution is 7.85. The summed E-state index contributed by atoms with van der Waals surface area (Å²) < 4.78 is 30.9. The Hall–Kier alpha value is -2.25. The van der Waals surface area contributed by atoms with Crippen LogP contribution in [0.2, 0.25) is 0 Å². The molecule has 0 aliphatic carbocycles. The summed E-state index contributed by atoms with van der Waals surface area (Å²) in [6.45, 7) is 0. The van der Waals surface area contributed by atoms with Crippen molar-refractivity contribution in [2.24, 2.45) is 10.2 Å². The SMILES string of the molecule is Nc1cccc(N=Nc2cccc(S(=O)(=O)O)c2)c1. The first-order valence-corrected chi connectivity index (χ1v) is 6.74. The van der Waals surface area contributed by atoms with Crippen LogP contribution < -0.4 is 5.73 Å². The molecule has 3 N–H and O–H groups in total. The summed E-state index contributed by atoms with van der Waals surface area (Å²) in [6.07, 6.45) is 0. The number of benzene rings is 2. The molecule has 2 rings (SSSR count). The van der Waals surface area contributed by atoms with E-state index in [1.807, 2.05) is 0 Å². The van der Waals surface area contributed by atoms with Crippen molar-refractivity contribution in [1.82, 2.24) is 0 Å². The molecule has 7 heteroatoms. The van der Waals surface area contributed by atoms with Crippen LogP contribution in [-0.4, -0.2) is 13.0 Å². The molecule has 0 fully saturated rings. The van der Waals surface area contributed by atoms with Gasteiger partial charge in [0.1, 0.15) is 0 Å². The molecule has 0 aliphatic heterocycles. The van der Waals surface area contributed by atoms with E-state index in [1.165, 1.54) is 18.2 Å². The molecule has 98 valence electrons. The highest BCUT2D eigenvalue weighted by Crippen LogP contribution is 2.22. The third-order valence-corrected chi connectivity index (χ3v) is 3.12. The molecule has 0 saturated carbocycles. The Morgan fingerprint density at radius 2 is 1.53 bits per heavy atom. The van der Waals surface area contributed by atoms with Crippen LogP contribution in [0.5, 0.6) is 0 Å². The summed E-state index contributed by atoms with van der Waals surface area (Å²) in [5.74, 6) is 0. The Morgan fingerprint density at radius 1 is 0.947 bits per heavy atom. The van der Waals surface area contributed by atoms with Crippen molar-refractivity contribution in [3.63, 3.8) is 0 Å². The van der Waals surface area contributed by atoms with Crippen molar-refractivity contribution in [1.29, 1.82) is 0 Å². The normalized spacial score (nSPS) is 11.8. The lowest BCUT2D eigenvalue weighted by Crippen LogP contribution is -1.96. The molecule has 0 heterocycles. The first-order valence-electron chi connectivity index (χ1n) is 5.30. The van der Waals surface area contributed by atoms with Gasteiger partial charge in [-0.1, -0.05) is 12.1 Å². The lowest BCUT2D eigenvalue weighted by Gasteiger charge is -1.98. The zero-order valence-electron chi connectivity index (χ0n) is 9.76. The third kappa shape index (κ3) is 3.60. The molecule has 0 bridgehead atoms. The molecule has 0 aromatic heterocycles. The molecule has 19 heavy (non-hydrogen) atoms. The van der Waals surface area contributed by atoms with E-state index >= 15 is 0 Å². The number of nitrogens with zero attached hydrogens (tertiary/aromatic N) is 2. The second-order valence-electron chi connectivity index (χ2n) is 3.77. The Labute approximate surface area is 110 Å². The molecule has 6 nitrogen and oxygen atoms in total. The number of hydrogen-bond donors (Lipinski definition) is 2. The molecule has 2 aromatic rings. The Kier molecular flexibility index (Phi) is 3.59. The van der Waals surface area contributed by atoms with Gasteiger partial charge in [-0.05, 0) is 36.4 Å². The van der Waals surface area contributed by atoms with E-state index in [1.54, 1.807) is 30.3 Å². The molecular weight excluding hydrogens is 266 g/mol. The van der Waals surface area contributed by atoms with Gasteiger partial charge in [-0.25, -0.2) is 0 Å². The number of nitrogen functional groups attached to an aromatic ring is 1. The topological polar surface area (TPSA) is 105 Å². The van der Waals surface area contributed by atoms with E-state index in [9.17, 15) is 8.42 Å². The van der Waals surface area contributed by atoms with Gasteiger partial charge in [-0.3, -0.25) is 4.55 Å². The quantitative estimate of drug-likeness (QED) is 0.511. The fourth-order valence-corrected chi connectivity index (χ4v) is 1.93. The highest BCUT2D eigenvalue weighted by atomic mass is 32.2. The lowest BCUT2D eigenvalue weighted by atomic mass is 10.3. The number of nitrogens with two attached hydrogens (primary N) is 1. The molecule has 0 amide bonds. The van der Waals surface area contributed by atoms with Crippen molar-refractivity contribution >= 4 is 27.2 Å². The molecule has 0 atom stereocenters. The molecule has 0 unspecified atom stereocenters. The molecule has 2 aromatic carbocycles. The highest BCUT2D eigenvalue weighted by Gasteiger charge is 2.09. The van der Waals surface area contributed by atoms with E-state index in [0.717, 1.165) is 0 Å². The van der Waals surface area contributed by atoms with Crippen molar-refractivity contribution < 1.29 is 13.0 Å². The van der Waals surface area contributed by atoms with E-state index in [2.05, 4.69) is 10.2 Å². The Morgan fingerprint density at radius 3 is 2.11 bits per heavy atom. The van der Waals surface area contributed by atoms with Gasteiger partial charge in [-0.2, -0.15) is 18.6 Å². The van der Waals surface area contributed by atoms with Crippen LogP contribution in [-0.2, 0) is 10.1 Å². The monoisotopic (exact) mass is 277 g/mol. The molecule has 0 saturated heterocycles. The standard InChI is InChI=1S/C12H11N3O3S/c13-9-3-1-4-10(7-9)14-15-11-5-2-6-12(8-11)19(16,17)18/h1-8H,13H2,(H,16,17,18). The Balaban J connectivity index is 2.29. The number of azo groups is 1. The third-order valence-electron chi connectivity index (χ3n) is 2.27. The first-order chi connectivity index (χ1) is 8.95. The van der Waals surface area contributed by atoms with Gasteiger partial charge in [0, 0.05) is 5.69 Å². The maximum atomic E-state index is 11.0. The van der Waals surface area contributed by atoms with Crippen LogP contribution in [0.4, 0.5) is 17.1 Å². The van der Waals surface area contributed by atoms with Gasteiger partial charge in [-0.15, -0.1) is 0 Å². The van der Waals surface area contributed by atoms with Crippen molar-refractivity contribution in [2.45, 2.75) is 4.90 Å². The molecule has 0 aliphatic rings. The number of hydrogen-bond acceptors (Lipinski definition) is 5. The molecule has 0 spiro atoms. The maximum absolute atomic E-state index is 11.0.